The summed E-state index contributed by atoms with van der Waals surface area (Å²) in [6.45, 7) is 3.56. The molecule has 0 aliphatic carbocycles. The van der Waals surface area contributed by atoms with Crippen molar-refractivity contribution in [1.82, 2.24) is 4.31 Å². The highest BCUT2D eigenvalue weighted by Gasteiger charge is 2.27. The molecule has 9 heteroatoms. The zero-order valence-corrected chi connectivity index (χ0v) is 17.1. The van der Waals surface area contributed by atoms with Crippen LogP contribution in [0.4, 0.5) is 5.69 Å². The highest BCUT2D eigenvalue weighted by molar-refractivity contribution is 7.89. The fourth-order valence-corrected chi connectivity index (χ4v) is 4.76. The van der Waals surface area contributed by atoms with Crippen molar-refractivity contribution in [1.29, 1.82) is 0 Å². The molecule has 1 aliphatic heterocycles. The van der Waals surface area contributed by atoms with Crippen LogP contribution in [-0.2, 0) is 19.6 Å². The van der Waals surface area contributed by atoms with E-state index in [2.05, 4.69) is 5.32 Å². The van der Waals surface area contributed by atoms with Crippen LogP contribution >= 0.6 is 11.3 Å². The molecule has 28 heavy (non-hydrogen) atoms. The summed E-state index contributed by atoms with van der Waals surface area (Å²) < 4.78 is 37.9. The van der Waals surface area contributed by atoms with E-state index in [9.17, 15) is 13.2 Å². The molecule has 0 saturated carbocycles. The fourth-order valence-electron chi connectivity index (χ4n) is 2.70. The van der Waals surface area contributed by atoms with Crippen molar-refractivity contribution in [2.45, 2.75) is 11.8 Å². The van der Waals surface area contributed by atoms with Gasteiger partial charge in [-0.1, -0.05) is 6.07 Å². The van der Waals surface area contributed by atoms with Gasteiger partial charge in [-0.25, -0.2) is 8.42 Å². The number of morpholine rings is 1. The Balaban J connectivity index is 1.83. The quantitative estimate of drug-likeness (QED) is 0.694. The van der Waals surface area contributed by atoms with Crippen molar-refractivity contribution in [2.75, 3.05) is 38.2 Å². The second-order valence-electron chi connectivity index (χ2n) is 5.95. The minimum Gasteiger partial charge on any atom is -0.492 e. The summed E-state index contributed by atoms with van der Waals surface area (Å²) in [7, 11) is -3.67. The van der Waals surface area contributed by atoms with Gasteiger partial charge in [-0.05, 0) is 42.6 Å². The van der Waals surface area contributed by atoms with Gasteiger partial charge < -0.3 is 14.8 Å². The number of carbonyl (C=O) groups excluding carboxylic acids is 1. The van der Waals surface area contributed by atoms with E-state index in [1.165, 1.54) is 33.9 Å². The van der Waals surface area contributed by atoms with E-state index in [1.807, 2.05) is 24.4 Å². The summed E-state index contributed by atoms with van der Waals surface area (Å²) in [5, 5.41) is 4.64. The number of anilines is 1. The number of amides is 1. The molecule has 7 nitrogen and oxygen atoms in total. The zero-order valence-electron chi connectivity index (χ0n) is 15.5. The highest BCUT2D eigenvalue weighted by atomic mass is 32.2. The zero-order chi connectivity index (χ0) is 20.0. The largest absolute Gasteiger partial charge is 0.492 e. The lowest BCUT2D eigenvalue weighted by Gasteiger charge is -2.26. The first-order valence-corrected chi connectivity index (χ1v) is 11.2. The number of sulfonamides is 1. The molecule has 3 rings (SSSR count). The van der Waals surface area contributed by atoms with Crippen molar-refractivity contribution in [3.8, 4) is 5.75 Å². The number of ether oxygens (including phenoxy) is 2. The smallest absolute Gasteiger partial charge is 0.248 e. The first kappa shape index (κ1) is 20.5. The number of hydrogen-bond acceptors (Lipinski definition) is 6. The standard InChI is InChI=1S/C19H22N2O5S2/c1-2-26-18-7-6-16(28(23,24)21-9-11-25-12-10-21)14-17(18)20-19(22)8-5-15-4-3-13-27-15/h3-8,13-14H,2,9-12H2,1H3,(H,20,22). The Morgan fingerprint density at radius 2 is 2.11 bits per heavy atom. The van der Waals surface area contributed by atoms with Gasteiger partial charge in [0.1, 0.15) is 5.75 Å². The maximum Gasteiger partial charge on any atom is 0.248 e. The van der Waals surface area contributed by atoms with Crippen LogP contribution in [0.3, 0.4) is 0 Å². The van der Waals surface area contributed by atoms with Crippen LogP contribution in [-0.4, -0.2) is 51.5 Å². The molecule has 1 amide bonds. The van der Waals surface area contributed by atoms with Crippen LogP contribution in [0.5, 0.6) is 5.75 Å². The molecule has 1 saturated heterocycles. The number of nitrogens with zero attached hydrogens (tertiary/aromatic N) is 1. The van der Waals surface area contributed by atoms with Gasteiger partial charge in [0.25, 0.3) is 0 Å². The maximum absolute atomic E-state index is 12.9. The summed E-state index contributed by atoms with van der Waals surface area (Å²) in [5.41, 5.74) is 0.317. The Hall–Kier alpha value is -2.20. The number of rotatable bonds is 7. The molecule has 1 aliphatic rings. The molecular formula is C19H22N2O5S2. The first-order chi connectivity index (χ1) is 13.5. The Labute approximate surface area is 168 Å². The fraction of sp³-hybridized carbons (Fsp3) is 0.316. The Bertz CT molecular complexity index is 933. The van der Waals surface area contributed by atoms with Gasteiger partial charge in [0, 0.05) is 24.0 Å². The van der Waals surface area contributed by atoms with Gasteiger partial charge in [0.15, 0.2) is 0 Å². The molecule has 1 aromatic carbocycles. The van der Waals surface area contributed by atoms with Gasteiger partial charge in [0.05, 0.1) is 30.4 Å². The van der Waals surface area contributed by atoms with E-state index in [0.29, 0.717) is 44.3 Å². The molecule has 150 valence electrons. The molecular weight excluding hydrogens is 400 g/mol. The normalized spacial score (nSPS) is 15.6. The van der Waals surface area contributed by atoms with Crippen LogP contribution in [0.15, 0.2) is 46.7 Å². The average Bonchev–Trinajstić information content (AvgIpc) is 3.22. The van der Waals surface area contributed by atoms with Gasteiger partial charge in [-0.15, -0.1) is 11.3 Å². The van der Waals surface area contributed by atoms with E-state index in [-0.39, 0.29) is 10.8 Å². The van der Waals surface area contributed by atoms with E-state index in [1.54, 1.807) is 12.1 Å². The Morgan fingerprint density at radius 1 is 1.32 bits per heavy atom. The lowest BCUT2D eigenvalue weighted by Crippen LogP contribution is -2.40. The Kier molecular flexibility index (Phi) is 6.84. The molecule has 0 radical (unpaired) electrons. The summed E-state index contributed by atoms with van der Waals surface area (Å²) in [5.74, 6) is 0.0524. The van der Waals surface area contributed by atoms with Crippen molar-refractivity contribution in [2.24, 2.45) is 0 Å². The predicted octanol–water partition coefficient (Wildman–Crippen LogP) is 2.82. The highest BCUT2D eigenvalue weighted by Crippen LogP contribution is 2.29. The van der Waals surface area contributed by atoms with Crippen LogP contribution in [0, 0.1) is 0 Å². The van der Waals surface area contributed by atoms with E-state index < -0.39 is 10.0 Å². The van der Waals surface area contributed by atoms with Crippen molar-refractivity contribution < 1.29 is 22.7 Å². The third-order valence-electron chi connectivity index (χ3n) is 4.06. The van der Waals surface area contributed by atoms with Crippen molar-refractivity contribution >= 4 is 39.0 Å². The Morgan fingerprint density at radius 3 is 2.79 bits per heavy atom. The summed E-state index contributed by atoms with van der Waals surface area (Å²) >= 11 is 1.52. The summed E-state index contributed by atoms with van der Waals surface area (Å²) in [6, 6.07) is 8.29. The molecule has 2 aromatic rings. The maximum atomic E-state index is 12.9. The van der Waals surface area contributed by atoms with Gasteiger partial charge in [-0.2, -0.15) is 4.31 Å². The lowest BCUT2D eigenvalue weighted by molar-refractivity contribution is -0.111. The number of thiophene rings is 1. The molecule has 0 spiro atoms. The van der Waals surface area contributed by atoms with E-state index in [4.69, 9.17) is 9.47 Å². The van der Waals surface area contributed by atoms with Crippen LogP contribution in [0.25, 0.3) is 6.08 Å². The minimum absolute atomic E-state index is 0.107. The molecule has 1 fully saturated rings. The SMILES string of the molecule is CCOc1ccc(S(=O)(=O)N2CCOCC2)cc1NC(=O)C=Cc1cccs1. The van der Waals surface area contributed by atoms with Gasteiger partial charge >= 0.3 is 0 Å². The predicted molar refractivity (Wildman–Crippen MR) is 109 cm³/mol. The monoisotopic (exact) mass is 422 g/mol. The number of carbonyl (C=O) groups is 1. The van der Waals surface area contributed by atoms with Crippen molar-refractivity contribution in [3.63, 3.8) is 0 Å². The third kappa shape index (κ3) is 4.99. The van der Waals surface area contributed by atoms with E-state index in [0.717, 1.165) is 4.88 Å². The number of hydrogen-bond donors (Lipinski definition) is 1. The van der Waals surface area contributed by atoms with Gasteiger partial charge in [-0.3, -0.25) is 4.79 Å². The second kappa shape index (κ2) is 9.33. The summed E-state index contributed by atoms with van der Waals surface area (Å²) in [4.78, 5) is 13.4. The first-order valence-electron chi connectivity index (χ1n) is 8.88. The summed E-state index contributed by atoms with van der Waals surface area (Å²) in [6.07, 6.45) is 3.11. The molecule has 2 heterocycles. The lowest BCUT2D eigenvalue weighted by atomic mass is 10.3. The number of benzene rings is 1. The van der Waals surface area contributed by atoms with Crippen LogP contribution in [0.2, 0.25) is 0 Å². The van der Waals surface area contributed by atoms with Crippen LogP contribution < -0.4 is 10.1 Å². The number of nitrogens with one attached hydrogen (secondary N) is 1. The molecule has 0 atom stereocenters. The molecule has 1 N–H and O–H groups in total. The topological polar surface area (TPSA) is 84.9 Å². The van der Waals surface area contributed by atoms with Crippen LogP contribution in [0.1, 0.15) is 11.8 Å². The van der Waals surface area contributed by atoms with E-state index >= 15 is 0 Å². The third-order valence-corrected chi connectivity index (χ3v) is 6.79. The van der Waals surface area contributed by atoms with Gasteiger partial charge in [0.2, 0.25) is 15.9 Å². The second-order valence-corrected chi connectivity index (χ2v) is 8.86. The minimum atomic E-state index is -3.67. The molecule has 0 unspecified atom stereocenters. The molecule has 0 bridgehead atoms. The average molecular weight is 423 g/mol. The van der Waals surface area contributed by atoms with Crippen molar-refractivity contribution in [3.05, 3.63) is 46.7 Å². The molecule has 1 aromatic heterocycles.